The van der Waals surface area contributed by atoms with E-state index >= 15 is 0 Å². The Bertz CT molecular complexity index is 1020. The number of para-hydroxylation sites is 1. The van der Waals surface area contributed by atoms with Crippen molar-refractivity contribution in [3.8, 4) is 5.69 Å². The first-order valence-corrected chi connectivity index (χ1v) is 9.59. The molecule has 0 aliphatic heterocycles. The van der Waals surface area contributed by atoms with Crippen molar-refractivity contribution < 1.29 is 0 Å². The molecule has 3 aromatic rings. The minimum absolute atomic E-state index is 0. The number of aliphatic imine (C=N–C) groups is 1. The van der Waals surface area contributed by atoms with Crippen LogP contribution in [0.15, 0.2) is 48.0 Å². The first kappa shape index (κ1) is 23.6. The van der Waals surface area contributed by atoms with Gasteiger partial charge in [0.1, 0.15) is 5.82 Å². The molecule has 8 nitrogen and oxygen atoms in total. The first-order valence-electron chi connectivity index (χ1n) is 9.59. The Balaban J connectivity index is 0.00000320. The molecular formula is C21H29IN8. The molecular weight excluding hydrogens is 491 g/mol. The van der Waals surface area contributed by atoms with Gasteiger partial charge in [0.15, 0.2) is 11.8 Å². The van der Waals surface area contributed by atoms with Gasteiger partial charge in [0.05, 0.1) is 24.5 Å². The molecule has 2 aromatic heterocycles. The van der Waals surface area contributed by atoms with E-state index in [9.17, 15) is 0 Å². The molecule has 9 heteroatoms. The van der Waals surface area contributed by atoms with Crippen LogP contribution in [0, 0.1) is 20.8 Å². The molecule has 0 saturated carbocycles. The van der Waals surface area contributed by atoms with E-state index in [1.54, 1.807) is 6.08 Å². The molecule has 1 aromatic carbocycles. The van der Waals surface area contributed by atoms with Crippen molar-refractivity contribution in [2.75, 3.05) is 6.54 Å². The molecule has 0 spiro atoms. The van der Waals surface area contributed by atoms with Gasteiger partial charge in [-0.2, -0.15) is 5.10 Å². The zero-order valence-electron chi connectivity index (χ0n) is 17.9. The summed E-state index contributed by atoms with van der Waals surface area (Å²) in [6.07, 6.45) is 1.80. The summed E-state index contributed by atoms with van der Waals surface area (Å²) < 4.78 is 3.92. The van der Waals surface area contributed by atoms with Crippen LogP contribution in [-0.2, 0) is 20.1 Å². The lowest BCUT2D eigenvalue weighted by atomic mass is 10.2. The number of aryl methyl sites for hydroxylation is 3. The molecule has 0 atom stereocenters. The first-order chi connectivity index (χ1) is 14.0. The van der Waals surface area contributed by atoms with E-state index in [4.69, 9.17) is 4.99 Å². The second-order valence-electron chi connectivity index (χ2n) is 6.88. The Morgan fingerprint density at radius 2 is 1.93 bits per heavy atom. The second kappa shape index (κ2) is 10.9. The molecule has 2 heterocycles. The van der Waals surface area contributed by atoms with Crippen LogP contribution in [0.2, 0.25) is 0 Å². The monoisotopic (exact) mass is 520 g/mol. The predicted octanol–water partition coefficient (Wildman–Crippen LogP) is 2.97. The lowest BCUT2D eigenvalue weighted by molar-refractivity contribution is 0.721. The van der Waals surface area contributed by atoms with Gasteiger partial charge in [-0.05, 0) is 38.5 Å². The number of guanidine groups is 1. The number of nitrogens with one attached hydrogen (secondary N) is 2. The van der Waals surface area contributed by atoms with Crippen molar-refractivity contribution in [2.45, 2.75) is 33.9 Å². The Morgan fingerprint density at radius 1 is 1.17 bits per heavy atom. The SMILES string of the molecule is C=CCNC(=NCc1ccccc1-n1nc(C)cc1C)NCc1nnc(C)n1C.I. The molecule has 0 unspecified atom stereocenters. The molecule has 0 amide bonds. The average Bonchev–Trinajstić information content (AvgIpc) is 3.22. The summed E-state index contributed by atoms with van der Waals surface area (Å²) in [5, 5.41) is 19.5. The van der Waals surface area contributed by atoms with Crippen LogP contribution in [0.1, 0.15) is 28.6 Å². The van der Waals surface area contributed by atoms with Gasteiger partial charge < -0.3 is 15.2 Å². The summed E-state index contributed by atoms with van der Waals surface area (Å²) in [7, 11) is 1.95. The van der Waals surface area contributed by atoms with E-state index in [1.165, 1.54) is 0 Å². The van der Waals surface area contributed by atoms with E-state index in [-0.39, 0.29) is 24.0 Å². The van der Waals surface area contributed by atoms with Crippen LogP contribution in [0.3, 0.4) is 0 Å². The summed E-state index contributed by atoms with van der Waals surface area (Å²) in [5.74, 6) is 2.41. The van der Waals surface area contributed by atoms with Crippen LogP contribution in [0.4, 0.5) is 0 Å². The summed E-state index contributed by atoms with van der Waals surface area (Å²) in [6, 6.07) is 10.3. The minimum Gasteiger partial charge on any atom is -0.353 e. The van der Waals surface area contributed by atoms with E-state index in [2.05, 4.69) is 57.6 Å². The fourth-order valence-corrected chi connectivity index (χ4v) is 3.00. The lowest BCUT2D eigenvalue weighted by Crippen LogP contribution is -2.37. The topological polar surface area (TPSA) is 84.9 Å². The minimum atomic E-state index is 0. The van der Waals surface area contributed by atoms with Crippen LogP contribution in [-0.4, -0.2) is 37.0 Å². The standard InChI is InChI=1S/C21H28N8.HI/c1-6-11-22-21(24-14-20-26-25-17(4)28(20)5)23-13-18-9-7-8-10-19(18)29-16(3)12-15(2)27-29;/h6-10,12H,1,11,13-14H2,2-5H3,(H2,22,23,24);1H. The maximum atomic E-state index is 4.75. The summed E-state index contributed by atoms with van der Waals surface area (Å²) >= 11 is 0. The third kappa shape index (κ3) is 5.68. The maximum absolute atomic E-state index is 4.75. The van der Waals surface area contributed by atoms with Crippen LogP contribution in [0.25, 0.3) is 5.69 Å². The molecule has 30 heavy (non-hydrogen) atoms. The Hall–Kier alpha value is -2.69. The highest BCUT2D eigenvalue weighted by molar-refractivity contribution is 14.0. The molecule has 0 saturated heterocycles. The number of nitrogens with zero attached hydrogens (tertiary/aromatic N) is 6. The molecule has 0 aliphatic rings. The normalized spacial score (nSPS) is 11.1. The number of halogens is 1. The van der Waals surface area contributed by atoms with Crippen molar-refractivity contribution >= 4 is 29.9 Å². The molecule has 0 radical (unpaired) electrons. The van der Waals surface area contributed by atoms with Gasteiger partial charge in [0.2, 0.25) is 0 Å². The van der Waals surface area contributed by atoms with Crippen molar-refractivity contribution in [2.24, 2.45) is 12.0 Å². The Labute approximate surface area is 194 Å². The van der Waals surface area contributed by atoms with Gasteiger partial charge in [-0.1, -0.05) is 24.3 Å². The zero-order chi connectivity index (χ0) is 20.8. The third-order valence-electron chi connectivity index (χ3n) is 4.65. The van der Waals surface area contributed by atoms with Crippen LogP contribution < -0.4 is 10.6 Å². The quantitative estimate of drug-likeness (QED) is 0.217. The Morgan fingerprint density at radius 3 is 2.57 bits per heavy atom. The average molecular weight is 520 g/mol. The van der Waals surface area contributed by atoms with E-state index in [0.29, 0.717) is 25.6 Å². The summed E-state index contributed by atoms with van der Waals surface area (Å²) in [4.78, 5) is 4.75. The van der Waals surface area contributed by atoms with Gasteiger partial charge in [-0.15, -0.1) is 40.8 Å². The van der Waals surface area contributed by atoms with Gasteiger partial charge in [0, 0.05) is 19.3 Å². The zero-order valence-corrected chi connectivity index (χ0v) is 20.2. The number of hydrogen-bond donors (Lipinski definition) is 2. The second-order valence-corrected chi connectivity index (χ2v) is 6.88. The summed E-state index contributed by atoms with van der Waals surface area (Å²) in [5.41, 5.74) is 4.22. The lowest BCUT2D eigenvalue weighted by Gasteiger charge is -2.13. The molecule has 0 fully saturated rings. The molecule has 2 N–H and O–H groups in total. The van der Waals surface area contributed by atoms with Crippen molar-refractivity contribution in [3.05, 3.63) is 71.6 Å². The number of hydrogen-bond acceptors (Lipinski definition) is 4. The largest absolute Gasteiger partial charge is 0.353 e. The van der Waals surface area contributed by atoms with Crippen LogP contribution in [0.5, 0.6) is 0 Å². The van der Waals surface area contributed by atoms with E-state index < -0.39 is 0 Å². The third-order valence-corrected chi connectivity index (χ3v) is 4.65. The van der Waals surface area contributed by atoms with Gasteiger partial charge in [-0.3, -0.25) is 0 Å². The molecule has 3 rings (SSSR count). The van der Waals surface area contributed by atoms with Gasteiger partial charge >= 0.3 is 0 Å². The van der Waals surface area contributed by atoms with Crippen molar-refractivity contribution in [1.29, 1.82) is 0 Å². The van der Waals surface area contributed by atoms with E-state index in [0.717, 1.165) is 34.3 Å². The van der Waals surface area contributed by atoms with Crippen LogP contribution >= 0.6 is 24.0 Å². The fraction of sp³-hybridized carbons (Fsp3) is 0.333. The fourth-order valence-electron chi connectivity index (χ4n) is 3.00. The highest BCUT2D eigenvalue weighted by atomic mass is 127. The highest BCUT2D eigenvalue weighted by Gasteiger charge is 2.09. The molecule has 160 valence electrons. The Kier molecular flexibility index (Phi) is 8.58. The van der Waals surface area contributed by atoms with Gasteiger partial charge in [0.25, 0.3) is 0 Å². The smallest absolute Gasteiger partial charge is 0.192 e. The molecule has 0 bridgehead atoms. The number of aromatic nitrogens is 5. The van der Waals surface area contributed by atoms with Crippen molar-refractivity contribution in [1.82, 2.24) is 35.2 Å². The van der Waals surface area contributed by atoms with E-state index in [1.807, 2.05) is 42.3 Å². The summed E-state index contributed by atoms with van der Waals surface area (Å²) in [6.45, 7) is 11.4. The predicted molar refractivity (Wildman–Crippen MR) is 130 cm³/mol. The van der Waals surface area contributed by atoms with Crippen molar-refractivity contribution in [3.63, 3.8) is 0 Å². The maximum Gasteiger partial charge on any atom is 0.192 e. The molecule has 0 aliphatic carbocycles. The number of benzene rings is 1. The van der Waals surface area contributed by atoms with Gasteiger partial charge in [-0.25, -0.2) is 9.67 Å². The highest BCUT2D eigenvalue weighted by Crippen LogP contribution is 2.17. The number of rotatable bonds is 7.